The quantitative estimate of drug-likeness (QED) is 0.410. The minimum Gasteiger partial charge on any atom is -0.444 e. The number of nitrogens with one attached hydrogen (secondary N) is 3. The van der Waals surface area contributed by atoms with Crippen LogP contribution in [-0.2, 0) is 11.3 Å². The van der Waals surface area contributed by atoms with Crippen molar-refractivity contribution in [2.45, 2.75) is 20.4 Å². The molecule has 0 spiro atoms. The van der Waals surface area contributed by atoms with Crippen molar-refractivity contribution in [2.24, 2.45) is 4.99 Å². The molecule has 1 heterocycles. The number of oxazole rings is 1. The third kappa shape index (κ3) is 6.16. The van der Waals surface area contributed by atoms with Crippen molar-refractivity contribution in [2.75, 3.05) is 18.4 Å². The van der Waals surface area contributed by atoms with Gasteiger partial charge in [-0.2, -0.15) is 0 Å². The van der Waals surface area contributed by atoms with Crippen LogP contribution in [0.1, 0.15) is 18.2 Å². The van der Waals surface area contributed by atoms with Gasteiger partial charge >= 0.3 is 0 Å². The Bertz CT molecular complexity index is 997. The molecule has 3 rings (SSSR count). The van der Waals surface area contributed by atoms with Gasteiger partial charge in [0.25, 0.3) is 0 Å². The fraction of sp³-hybridized carbons (Fsp3) is 0.227. The lowest BCUT2D eigenvalue weighted by molar-refractivity contribution is -0.115. The molecular weight excluding hydrogens is 385 g/mol. The number of amides is 1. The molecule has 3 N–H and O–H groups in total. The summed E-state index contributed by atoms with van der Waals surface area (Å²) in [5, 5.41) is 8.72. The first kappa shape index (κ1) is 21.0. The first-order chi connectivity index (χ1) is 14.5. The average molecular weight is 409 g/mol. The number of aliphatic imine (C=N–C) groups is 1. The van der Waals surface area contributed by atoms with E-state index in [1.54, 1.807) is 6.26 Å². The van der Waals surface area contributed by atoms with Gasteiger partial charge in [-0.1, -0.05) is 17.7 Å². The van der Waals surface area contributed by atoms with E-state index in [4.69, 9.17) is 4.42 Å². The molecule has 0 bridgehead atoms. The second-order valence-corrected chi connectivity index (χ2v) is 6.61. The van der Waals surface area contributed by atoms with E-state index in [1.165, 1.54) is 29.8 Å². The Hall–Kier alpha value is -3.68. The highest BCUT2D eigenvalue weighted by molar-refractivity contribution is 5.94. The number of guanidine groups is 1. The summed E-state index contributed by atoms with van der Waals surface area (Å²) < 4.78 is 18.5. The number of nitrogens with zero attached hydrogens (tertiary/aromatic N) is 2. The summed E-state index contributed by atoms with van der Waals surface area (Å²) in [5.74, 6) is 0.393. The second kappa shape index (κ2) is 10.2. The van der Waals surface area contributed by atoms with Crippen LogP contribution in [-0.4, -0.2) is 29.9 Å². The van der Waals surface area contributed by atoms with Crippen molar-refractivity contribution in [3.05, 3.63) is 71.9 Å². The van der Waals surface area contributed by atoms with E-state index in [0.717, 1.165) is 5.56 Å². The van der Waals surface area contributed by atoms with Crippen LogP contribution in [0.25, 0.3) is 11.5 Å². The lowest BCUT2D eigenvalue weighted by Gasteiger charge is -2.11. The largest absolute Gasteiger partial charge is 0.444 e. The monoisotopic (exact) mass is 409 g/mol. The summed E-state index contributed by atoms with van der Waals surface area (Å²) >= 11 is 0. The van der Waals surface area contributed by atoms with Crippen molar-refractivity contribution in [1.82, 2.24) is 15.6 Å². The summed E-state index contributed by atoms with van der Waals surface area (Å²) in [7, 11) is 0. The van der Waals surface area contributed by atoms with Gasteiger partial charge in [-0.3, -0.25) is 4.79 Å². The SMILES string of the molecule is CCNC(=NCc1coc(-c2ccc(C)cc2)n1)NCC(=O)Nc1ccc(F)cc1. The van der Waals surface area contributed by atoms with Crippen LogP contribution in [0.5, 0.6) is 0 Å². The lowest BCUT2D eigenvalue weighted by atomic mass is 10.1. The van der Waals surface area contributed by atoms with Crippen molar-refractivity contribution >= 4 is 17.6 Å². The Morgan fingerprint density at radius 1 is 1.10 bits per heavy atom. The Balaban J connectivity index is 1.55. The van der Waals surface area contributed by atoms with Crippen LogP contribution in [0.2, 0.25) is 0 Å². The zero-order valence-corrected chi connectivity index (χ0v) is 16.9. The minimum atomic E-state index is -0.355. The molecule has 0 aliphatic rings. The first-order valence-corrected chi connectivity index (χ1v) is 9.62. The molecule has 1 amide bonds. The number of carbonyl (C=O) groups excluding carboxylic acids is 1. The van der Waals surface area contributed by atoms with E-state index >= 15 is 0 Å². The molecule has 1 aromatic heterocycles. The molecular formula is C22H24FN5O2. The molecule has 3 aromatic rings. The summed E-state index contributed by atoms with van der Waals surface area (Å²) in [6.45, 7) is 4.90. The Morgan fingerprint density at radius 2 is 1.83 bits per heavy atom. The van der Waals surface area contributed by atoms with Gasteiger partial charge in [0.05, 0.1) is 13.1 Å². The number of halogens is 1. The van der Waals surface area contributed by atoms with E-state index < -0.39 is 0 Å². The van der Waals surface area contributed by atoms with Gasteiger partial charge < -0.3 is 20.4 Å². The van der Waals surface area contributed by atoms with Gasteiger partial charge in [0.1, 0.15) is 17.8 Å². The van der Waals surface area contributed by atoms with E-state index in [0.29, 0.717) is 36.3 Å². The molecule has 156 valence electrons. The average Bonchev–Trinajstić information content (AvgIpc) is 3.21. The van der Waals surface area contributed by atoms with Crippen LogP contribution < -0.4 is 16.0 Å². The highest BCUT2D eigenvalue weighted by Crippen LogP contribution is 2.19. The topological polar surface area (TPSA) is 91.6 Å². The Labute approximate surface area is 174 Å². The molecule has 0 atom stereocenters. The van der Waals surface area contributed by atoms with Gasteiger partial charge in [-0.15, -0.1) is 0 Å². The molecule has 30 heavy (non-hydrogen) atoms. The van der Waals surface area contributed by atoms with Gasteiger partial charge in [-0.05, 0) is 50.2 Å². The lowest BCUT2D eigenvalue weighted by Crippen LogP contribution is -2.41. The van der Waals surface area contributed by atoms with Crippen LogP contribution in [0.15, 0.2) is 64.2 Å². The third-order valence-electron chi connectivity index (χ3n) is 4.14. The number of rotatable bonds is 7. The van der Waals surface area contributed by atoms with Crippen molar-refractivity contribution < 1.29 is 13.6 Å². The molecule has 0 radical (unpaired) electrons. The predicted octanol–water partition coefficient (Wildman–Crippen LogP) is 3.48. The number of hydrogen-bond acceptors (Lipinski definition) is 4. The van der Waals surface area contributed by atoms with E-state index in [-0.39, 0.29) is 18.3 Å². The smallest absolute Gasteiger partial charge is 0.243 e. The van der Waals surface area contributed by atoms with E-state index in [9.17, 15) is 9.18 Å². The number of aryl methyl sites for hydroxylation is 1. The molecule has 0 saturated heterocycles. The predicted molar refractivity (Wildman–Crippen MR) is 115 cm³/mol. The summed E-state index contributed by atoms with van der Waals surface area (Å²) in [6.07, 6.45) is 1.57. The van der Waals surface area contributed by atoms with Crippen molar-refractivity contribution in [1.29, 1.82) is 0 Å². The van der Waals surface area contributed by atoms with Crippen molar-refractivity contribution in [3.63, 3.8) is 0 Å². The second-order valence-electron chi connectivity index (χ2n) is 6.61. The van der Waals surface area contributed by atoms with Crippen LogP contribution in [0, 0.1) is 12.7 Å². The van der Waals surface area contributed by atoms with Crippen molar-refractivity contribution in [3.8, 4) is 11.5 Å². The maximum absolute atomic E-state index is 12.9. The third-order valence-corrected chi connectivity index (χ3v) is 4.14. The van der Waals surface area contributed by atoms with Gasteiger partial charge in [0, 0.05) is 17.8 Å². The van der Waals surface area contributed by atoms with Crippen LogP contribution in [0.4, 0.5) is 10.1 Å². The maximum Gasteiger partial charge on any atom is 0.243 e. The number of hydrogen-bond donors (Lipinski definition) is 3. The number of carbonyl (C=O) groups is 1. The number of benzene rings is 2. The fourth-order valence-corrected chi connectivity index (χ4v) is 2.61. The molecule has 2 aromatic carbocycles. The van der Waals surface area contributed by atoms with Gasteiger partial charge in [0.2, 0.25) is 11.8 Å². The number of aromatic nitrogens is 1. The molecule has 0 saturated carbocycles. The molecule has 7 nitrogen and oxygen atoms in total. The summed E-state index contributed by atoms with van der Waals surface area (Å²) in [5.41, 5.74) is 3.27. The minimum absolute atomic E-state index is 0.0106. The maximum atomic E-state index is 12.9. The standard InChI is InChI=1S/C22H24FN5O2/c1-3-24-22(26-13-20(29)27-18-10-8-17(23)9-11-18)25-12-19-14-30-21(28-19)16-6-4-15(2)5-7-16/h4-11,14H,3,12-13H2,1-2H3,(H,27,29)(H2,24,25,26). The highest BCUT2D eigenvalue weighted by Gasteiger charge is 2.08. The van der Waals surface area contributed by atoms with Crippen LogP contribution >= 0.6 is 0 Å². The summed E-state index contributed by atoms with van der Waals surface area (Å²) in [4.78, 5) is 21.0. The Kier molecular flexibility index (Phi) is 7.15. The van der Waals surface area contributed by atoms with E-state index in [1.807, 2.05) is 38.1 Å². The van der Waals surface area contributed by atoms with Gasteiger partial charge in [-0.25, -0.2) is 14.4 Å². The Morgan fingerprint density at radius 3 is 2.53 bits per heavy atom. The molecule has 0 unspecified atom stereocenters. The molecule has 0 fully saturated rings. The summed E-state index contributed by atoms with van der Waals surface area (Å²) in [6, 6.07) is 13.5. The normalized spacial score (nSPS) is 11.2. The first-order valence-electron chi connectivity index (χ1n) is 9.62. The van der Waals surface area contributed by atoms with Gasteiger partial charge in [0.15, 0.2) is 5.96 Å². The van der Waals surface area contributed by atoms with Crippen LogP contribution in [0.3, 0.4) is 0 Å². The fourth-order valence-electron chi connectivity index (χ4n) is 2.61. The van der Waals surface area contributed by atoms with E-state index in [2.05, 4.69) is 25.9 Å². The highest BCUT2D eigenvalue weighted by atomic mass is 19.1. The molecule has 0 aliphatic carbocycles. The zero-order chi connectivity index (χ0) is 21.3. The molecule has 8 heteroatoms. The zero-order valence-electron chi connectivity index (χ0n) is 16.9. The molecule has 0 aliphatic heterocycles. The number of anilines is 1.